The van der Waals surface area contributed by atoms with Crippen LogP contribution in [0.15, 0.2) is 46.0 Å². The fraction of sp³-hybridized carbons (Fsp3) is 0.333. The fourth-order valence-electron chi connectivity index (χ4n) is 1.97. The quantitative estimate of drug-likeness (QED) is 0.773. The van der Waals surface area contributed by atoms with E-state index in [9.17, 15) is 0 Å². The van der Waals surface area contributed by atoms with Crippen LogP contribution in [0.5, 0.6) is 5.75 Å². The molecule has 1 unspecified atom stereocenters. The Morgan fingerprint density at radius 1 is 1.26 bits per heavy atom. The van der Waals surface area contributed by atoms with Gasteiger partial charge in [-0.1, -0.05) is 31.2 Å². The molecule has 0 radical (unpaired) electrons. The highest BCUT2D eigenvalue weighted by Crippen LogP contribution is 2.31. The van der Waals surface area contributed by atoms with Crippen LogP contribution in [0.3, 0.4) is 0 Å². The van der Waals surface area contributed by atoms with E-state index in [0.29, 0.717) is 6.04 Å². The summed E-state index contributed by atoms with van der Waals surface area (Å²) in [6, 6.07) is 12.8. The number of methoxy groups -OCH3 is 1. The summed E-state index contributed by atoms with van der Waals surface area (Å²) in [5, 5.41) is 5.66. The predicted octanol–water partition coefficient (Wildman–Crippen LogP) is 4.20. The Kier molecular flexibility index (Phi) is 5.76. The highest BCUT2D eigenvalue weighted by molar-refractivity contribution is 8.01. The molecule has 0 aliphatic carbocycles. The monoisotopic (exact) mass is 293 g/mol. The van der Waals surface area contributed by atoms with Crippen LogP contribution in [-0.2, 0) is 0 Å². The van der Waals surface area contributed by atoms with E-state index < -0.39 is 0 Å². The third-order valence-corrected chi connectivity index (χ3v) is 5.08. The summed E-state index contributed by atoms with van der Waals surface area (Å²) in [7, 11) is 1.73. The molecular formula is C15H19NOS2. The first-order valence-corrected chi connectivity index (χ1v) is 8.24. The molecule has 1 aromatic heterocycles. The first-order valence-electron chi connectivity index (χ1n) is 6.37. The van der Waals surface area contributed by atoms with Gasteiger partial charge in [0.2, 0.25) is 0 Å². The van der Waals surface area contributed by atoms with E-state index in [-0.39, 0.29) is 0 Å². The molecule has 0 bridgehead atoms. The molecule has 0 saturated carbocycles. The van der Waals surface area contributed by atoms with Gasteiger partial charge in [0.05, 0.1) is 11.3 Å². The second kappa shape index (κ2) is 7.58. The molecule has 0 fully saturated rings. The standard InChI is InChI=1S/C15H19NOS2/c1-3-16-13(11-19-15-9-6-10-18-15)12-7-4-5-8-14(12)17-2/h4-10,13,16H,3,11H2,1-2H3. The van der Waals surface area contributed by atoms with Crippen molar-refractivity contribution in [2.24, 2.45) is 0 Å². The summed E-state index contributed by atoms with van der Waals surface area (Å²) in [5.74, 6) is 1.97. The maximum atomic E-state index is 5.46. The van der Waals surface area contributed by atoms with E-state index in [2.05, 4.69) is 41.9 Å². The molecule has 2 nitrogen and oxygen atoms in total. The van der Waals surface area contributed by atoms with Gasteiger partial charge in [0, 0.05) is 17.4 Å². The zero-order valence-electron chi connectivity index (χ0n) is 11.3. The number of rotatable bonds is 7. The van der Waals surface area contributed by atoms with Gasteiger partial charge in [-0.15, -0.1) is 23.1 Å². The lowest BCUT2D eigenvalue weighted by atomic mass is 10.1. The molecular weight excluding hydrogens is 274 g/mol. The zero-order chi connectivity index (χ0) is 13.5. The van der Waals surface area contributed by atoms with Gasteiger partial charge in [0.1, 0.15) is 5.75 Å². The Bertz CT molecular complexity index is 485. The lowest BCUT2D eigenvalue weighted by Gasteiger charge is -2.20. The Balaban J connectivity index is 2.10. The predicted molar refractivity (Wildman–Crippen MR) is 84.5 cm³/mol. The number of nitrogens with one attached hydrogen (secondary N) is 1. The summed E-state index contributed by atoms with van der Waals surface area (Å²) < 4.78 is 6.82. The Morgan fingerprint density at radius 2 is 2.11 bits per heavy atom. The van der Waals surface area contributed by atoms with Gasteiger partial charge in [0.15, 0.2) is 0 Å². The minimum Gasteiger partial charge on any atom is -0.496 e. The summed E-state index contributed by atoms with van der Waals surface area (Å²) in [5.41, 5.74) is 1.23. The normalized spacial score (nSPS) is 12.3. The van der Waals surface area contributed by atoms with Gasteiger partial charge in [-0.25, -0.2) is 0 Å². The summed E-state index contributed by atoms with van der Waals surface area (Å²) in [6.07, 6.45) is 0. The van der Waals surface area contributed by atoms with Crippen molar-refractivity contribution in [1.29, 1.82) is 0 Å². The van der Waals surface area contributed by atoms with Gasteiger partial charge in [0.25, 0.3) is 0 Å². The molecule has 0 amide bonds. The molecule has 4 heteroatoms. The van der Waals surface area contributed by atoms with Crippen molar-refractivity contribution in [1.82, 2.24) is 5.32 Å². The first-order chi connectivity index (χ1) is 9.35. The van der Waals surface area contributed by atoms with Gasteiger partial charge in [-0.3, -0.25) is 0 Å². The topological polar surface area (TPSA) is 21.3 Å². The molecule has 0 aliphatic heterocycles. The fourth-order valence-corrected chi connectivity index (χ4v) is 3.86. The van der Waals surface area contributed by atoms with Gasteiger partial charge in [-0.05, 0) is 24.1 Å². The maximum absolute atomic E-state index is 5.46. The lowest BCUT2D eigenvalue weighted by Crippen LogP contribution is -2.23. The number of thiophene rings is 1. The maximum Gasteiger partial charge on any atom is 0.123 e. The minimum absolute atomic E-state index is 0.313. The third-order valence-electron chi connectivity index (χ3n) is 2.85. The molecule has 0 spiro atoms. The van der Waals surface area contributed by atoms with E-state index in [1.165, 1.54) is 9.77 Å². The highest BCUT2D eigenvalue weighted by Gasteiger charge is 2.15. The number of hydrogen-bond donors (Lipinski definition) is 1. The molecule has 1 aromatic carbocycles. The average molecular weight is 293 g/mol. The third kappa shape index (κ3) is 4.00. The van der Waals surface area contributed by atoms with Crippen molar-refractivity contribution in [3.8, 4) is 5.75 Å². The molecule has 0 saturated heterocycles. The lowest BCUT2D eigenvalue weighted by molar-refractivity contribution is 0.403. The number of thioether (sulfide) groups is 1. The van der Waals surface area contributed by atoms with Crippen molar-refractivity contribution in [2.75, 3.05) is 19.4 Å². The second-order valence-electron chi connectivity index (χ2n) is 4.10. The van der Waals surface area contributed by atoms with Crippen LogP contribution < -0.4 is 10.1 Å². The van der Waals surface area contributed by atoms with E-state index >= 15 is 0 Å². The van der Waals surface area contributed by atoms with Crippen LogP contribution in [0.1, 0.15) is 18.5 Å². The van der Waals surface area contributed by atoms with Crippen molar-refractivity contribution < 1.29 is 4.74 Å². The van der Waals surface area contributed by atoms with E-state index in [0.717, 1.165) is 18.0 Å². The average Bonchev–Trinajstić information content (AvgIpc) is 2.96. The SMILES string of the molecule is CCNC(CSc1cccs1)c1ccccc1OC. The van der Waals surface area contributed by atoms with Crippen molar-refractivity contribution in [3.63, 3.8) is 0 Å². The Labute approximate surface area is 123 Å². The second-order valence-corrected chi connectivity index (χ2v) is 6.36. The molecule has 1 N–H and O–H groups in total. The van der Waals surface area contributed by atoms with Gasteiger partial charge in [-0.2, -0.15) is 0 Å². The molecule has 2 aromatic rings. The highest BCUT2D eigenvalue weighted by atomic mass is 32.2. The largest absolute Gasteiger partial charge is 0.496 e. The van der Waals surface area contributed by atoms with Crippen LogP contribution in [0.25, 0.3) is 0 Å². The Hall–Kier alpha value is -0.970. The van der Waals surface area contributed by atoms with Crippen LogP contribution in [0.4, 0.5) is 0 Å². The number of hydrogen-bond acceptors (Lipinski definition) is 4. The number of benzene rings is 1. The molecule has 0 aliphatic rings. The van der Waals surface area contributed by atoms with E-state index in [4.69, 9.17) is 4.74 Å². The first kappa shape index (κ1) is 14.4. The van der Waals surface area contributed by atoms with Crippen molar-refractivity contribution >= 4 is 23.1 Å². The number of para-hydroxylation sites is 1. The van der Waals surface area contributed by atoms with Crippen LogP contribution in [0, 0.1) is 0 Å². The molecule has 19 heavy (non-hydrogen) atoms. The zero-order valence-corrected chi connectivity index (χ0v) is 12.9. The molecule has 1 atom stereocenters. The van der Waals surface area contributed by atoms with Crippen LogP contribution in [-0.4, -0.2) is 19.4 Å². The van der Waals surface area contributed by atoms with E-state index in [1.54, 1.807) is 18.4 Å². The Morgan fingerprint density at radius 3 is 2.79 bits per heavy atom. The summed E-state index contributed by atoms with van der Waals surface area (Å²) in [6.45, 7) is 3.09. The van der Waals surface area contributed by atoms with Crippen molar-refractivity contribution in [3.05, 3.63) is 47.3 Å². The summed E-state index contributed by atoms with van der Waals surface area (Å²) >= 11 is 3.68. The molecule has 2 rings (SSSR count). The smallest absolute Gasteiger partial charge is 0.123 e. The van der Waals surface area contributed by atoms with Crippen molar-refractivity contribution in [2.45, 2.75) is 17.2 Å². The minimum atomic E-state index is 0.313. The van der Waals surface area contributed by atoms with Gasteiger partial charge >= 0.3 is 0 Å². The van der Waals surface area contributed by atoms with Crippen LogP contribution >= 0.6 is 23.1 Å². The number of ether oxygens (including phenoxy) is 1. The molecule has 102 valence electrons. The van der Waals surface area contributed by atoms with Gasteiger partial charge < -0.3 is 10.1 Å². The van der Waals surface area contributed by atoms with Crippen LogP contribution in [0.2, 0.25) is 0 Å². The summed E-state index contributed by atoms with van der Waals surface area (Å²) in [4.78, 5) is 0. The molecule has 1 heterocycles. The van der Waals surface area contributed by atoms with E-state index in [1.807, 2.05) is 23.9 Å².